The average molecular weight is 278 g/mol. The molecule has 0 bridgehead atoms. The molecule has 1 aromatic rings. The van der Waals surface area contributed by atoms with Crippen molar-refractivity contribution in [2.45, 2.75) is 6.61 Å². The quantitative estimate of drug-likeness (QED) is 0.383. The summed E-state index contributed by atoms with van der Waals surface area (Å²) in [6.45, 7) is -0.0229. The van der Waals surface area contributed by atoms with Crippen LogP contribution in [0.2, 0.25) is 10.0 Å². The molecule has 0 spiro atoms. The second-order valence-corrected chi connectivity index (χ2v) is 3.75. The van der Waals surface area contributed by atoms with Gasteiger partial charge in [0.15, 0.2) is 6.34 Å². The highest BCUT2D eigenvalue weighted by Gasteiger charge is 2.09. The molecule has 0 saturated carbocycles. The van der Waals surface area contributed by atoms with Crippen molar-refractivity contribution >= 4 is 35.6 Å². The molecule has 17 heavy (non-hydrogen) atoms. The normalized spacial score (nSPS) is 10.7. The minimum atomic E-state index is -0.923. The van der Waals surface area contributed by atoms with E-state index in [4.69, 9.17) is 39.0 Å². The smallest absolute Gasteiger partial charge is 0.344 e. The van der Waals surface area contributed by atoms with Gasteiger partial charge in [0.2, 0.25) is 0 Å². The number of primary amides is 1. The van der Waals surface area contributed by atoms with Crippen LogP contribution in [0.1, 0.15) is 5.56 Å². The first-order chi connectivity index (χ1) is 8.04. The third-order valence-electron chi connectivity index (χ3n) is 1.75. The number of hydrogen-bond acceptors (Lipinski definition) is 4. The van der Waals surface area contributed by atoms with Crippen molar-refractivity contribution in [3.63, 3.8) is 0 Å². The summed E-state index contributed by atoms with van der Waals surface area (Å²) < 4.78 is 0. The predicted molar refractivity (Wildman–Crippen MR) is 63.0 cm³/mol. The van der Waals surface area contributed by atoms with Gasteiger partial charge in [0.1, 0.15) is 6.61 Å². The number of nitrogens with two attached hydrogens (primary N) is 1. The molecule has 0 aliphatic heterocycles. The maximum absolute atomic E-state index is 10.8. The number of rotatable bonds is 4. The summed E-state index contributed by atoms with van der Waals surface area (Å²) in [5.74, 6) is 0. The Labute approximate surface area is 107 Å². The van der Waals surface area contributed by atoms with E-state index in [-0.39, 0.29) is 6.61 Å². The number of halogens is 2. The lowest BCUT2D eigenvalue weighted by Gasteiger charge is -2.14. The maximum Gasteiger partial charge on any atom is 0.344 e. The number of oxime groups is 1. The summed E-state index contributed by atoms with van der Waals surface area (Å²) in [6, 6.07) is 3.88. The Kier molecular flexibility index (Phi) is 5.02. The van der Waals surface area contributed by atoms with Crippen molar-refractivity contribution in [1.29, 1.82) is 0 Å². The Balaban J connectivity index is 2.68. The number of nitrogens with zero attached hydrogens (tertiary/aromatic N) is 2. The van der Waals surface area contributed by atoms with Crippen molar-refractivity contribution < 1.29 is 14.8 Å². The molecule has 2 amide bonds. The lowest BCUT2D eigenvalue weighted by atomic mass is 10.2. The van der Waals surface area contributed by atoms with Crippen LogP contribution < -0.4 is 5.73 Å². The van der Waals surface area contributed by atoms with E-state index in [1.807, 2.05) is 0 Å². The SMILES string of the molecule is NC(=O)N(/C=N\O)OCc1ccc(Cl)cc1Cl. The maximum atomic E-state index is 10.8. The Morgan fingerprint density at radius 3 is 2.82 bits per heavy atom. The molecule has 92 valence electrons. The first-order valence-electron chi connectivity index (χ1n) is 4.37. The van der Waals surface area contributed by atoms with Crippen LogP contribution in [0.15, 0.2) is 23.4 Å². The van der Waals surface area contributed by atoms with E-state index in [0.717, 1.165) is 6.34 Å². The molecule has 1 rings (SSSR count). The average Bonchev–Trinajstić information content (AvgIpc) is 2.25. The van der Waals surface area contributed by atoms with Gasteiger partial charge in [-0.1, -0.05) is 34.4 Å². The monoisotopic (exact) mass is 277 g/mol. The first kappa shape index (κ1) is 13.6. The molecule has 0 radical (unpaired) electrons. The van der Waals surface area contributed by atoms with Gasteiger partial charge in [-0.25, -0.2) is 4.79 Å². The summed E-state index contributed by atoms with van der Waals surface area (Å²) >= 11 is 11.6. The molecule has 6 nitrogen and oxygen atoms in total. The molecule has 3 N–H and O–H groups in total. The molecule has 0 unspecified atom stereocenters. The second kappa shape index (κ2) is 6.29. The van der Waals surface area contributed by atoms with Crippen LogP contribution in [0.4, 0.5) is 4.79 Å². The van der Waals surface area contributed by atoms with Gasteiger partial charge in [-0.3, -0.25) is 4.84 Å². The topological polar surface area (TPSA) is 88.2 Å². The van der Waals surface area contributed by atoms with Crippen molar-refractivity contribution in [3.05, 3.63) is 33.8 Å². The van der Waals surface area contributed by atoms with Crippen molar-refractivity contribution in [3.8, 4) is 0 Å². The summed E-state index contributed by atoms with van der Waals surface area (Å²) in [5.41, 5.74) is 5.56. The standard InChI is InChI=1S/C9H9Cl2N3O3/c10-7-2-1-6(8(11)3-7)4-17-14(5-13-16)9(12)15/h1-3,5,16H,4H2,(H2,12,15)/b13-5-. The fraction of sp³-hybridized carbons (Fsp3) is 0.111. The molecular weight excluding hydrogens is 269 g/mol. The van der Waals surface area contributed by atoms with E-state index < -0.39 is 6.03 Å². The van der Waals surface area contributed by atoms with E-state index in [0.29, 0.717) is 20.7 Å². The first-order valence-corrected chi connectivity index (χ1v) is 5.13. The van der Waals surface area contributed by atoms with Gasteiger partial charge in [-0.15, -0.1) is 0 Å². The highest BCUT2D eigenvalue weighted by atomic mass is 35.5. The summed E-state index contributed by atoms with van der Waals surface area (Å²) in [4.78, 5) is 15.8. The van der Waals surface area contributed by atoms with Crippen LogP contribution in [-0.4, -0.2) is 22.6 Å². The number of benzene rings is 1. The van der Waals surface area contributed by atoms with Gasteiger partial charge in [0.05, 0.1) is 0 Å². The van der Waals surface area contributed by atoms with Crippen LogP contribution in [0, 0.1) is 0 Å². The van der Waals surface area contributed by atoms with Crippen molar-refractivity contribution in [2.75, 3.05) is 0 Å². The minimum Gasteiger partial charge on any atom is -0.410 e. The molecule has 0 aliphatic rings. The predicted octanol–water partition coefficient (Wildman–Crippen LogP) is 2.22. The molecule has 0 aliphatic carbocycles. The van der Waals surface area contributed by atoms with Gasteiger partial charge < -0.3 is 10.9 Å². The molecular formula is C9H9Cl2N3O3. The third kappa shape index (κ3) is 4.10. The molecule has 0 aromatic heterocycles. The molecule has 0 fully saturated rings. The lowest BCUT2D eigenvalue weighted by Crippen LogP contribution is -2.34. The minimum absolute atomic E-state index is 0.0229. The van der Waals surface area contributed by atoms with Gasteiger partial charge in [-0.2, -0.15) is 5.06 Å². The van der Waals surface area contributed by atoms with Gasteiger partial charge in [-0.05, 0) is 17.7 Å². The van der Waals surface area contributed by atoms with E-state index in [1.54, 1.807) is 12.1 Å². The third-order valence-corrected chi connectivity index (χ3v) is 2.33. The van der Waals surface area contributed by atoms with E-state index in [9.17, 15) is 4.79 Å². The second-order valence-electron chi connectivity index (χ2n) is 2.90. The summed E-state index contributed by atoms with van der Waals surface area (Å²) in [5, 5.41) is 12.4. The number of carbonyl (C=O) groups excluding carboxylic acids is 1. The van der Waals surface area contributed by atoms with Crippen LogP contribution >= 0.6 is 23.2 Å². The Morgan fingerprint density at radius 1 is 1.59 bits per heavy atom. The molecule has 0 saturated heterocycles. The zero-order valence-corrected chi connectivity index (χ0v) is 10.0. The molecule has 1 aromatic carbocycles. The zero-order valence-electron chi connectivity index (χ0n) is 8.51. The number of urea groups is 1. The van der Waals surface area contributed by atoms with E-state index in [2.05, 4.69) is 5.16 Å². The summed E-state index contributed by atoms with van der Waals surface area (Å²) in [7, 11) is 0. The largest absolute Gasteiger partial charge is 0.410 e. The highest BCUT2D eigenvalue weighted by Crippen LogP contribution is 2.21. The Bertz CT molecular complexity index is 439. The molecule has 0 heterocycles. The zero-order chi connectivity index (χ0) is 12.8. The van der Waals surface area contributed by atoms with Crippen LogP contribution in [0.3, 0.4) is 0 Å². The Hall–Kier alpha value is -1.50. The van der Waals surface area contributed by atoms with Gasteiger partial charge >= 0.3 is 6.03 Å². The van der Waals surface area contributed by atoms with Gasteiger partial charge in [0, 0.05) is 10.0 Å². The molecule has 8 heteroatoms. The molecule has 0 atom stereocenters. The number of carbonyl (C=O) groups is 1. The summed E-state index contributed by atoms with van der Waals surface area (Å²) in [6.07, 6.45) is 0.728. The van der Waals surface area contributed by atoms with Crippen LogP contribution in [0.5, 0.6) is 0 Å². The van der Waals surface area contributed by atoms with E-state index >= 15 is 0 Å². The lowest BCUT2D eigenvalue weighted by molar-refractivity contribution is -0.0679. The fourth-order valence-corrected chi connectivity index (χ4v) is 1.44. The fourth-order valence-electron chi connectivity index (χ4n) is 0.979. The number of hydroxylamine groups is 2. The van der Waals surface area contributed by atoms with Crippen molar-refractivity contribution in [2.24, 2.45) is 10.9 Å². The van der Waals surface area contributed by atoms with E-state index in [1.165, 1.54) is 6.07 Å². The van der Waals surface area contributed by atoms with Crippen LogP contribution in [-0.2, 0) is 11.4 Å². The van der Waals surface area contributed by atoms with Crippen molar-refractivity contribution in [1.82, 2.24) is 5.06 Å². The van der Waals surface area contributed by atoms with Gasteiger partial charge in [0.25, 0.3) is 0 Å². The highest BCUT2D eigenvalue weighted by molar-refractivity contribution is 6.35. The number of hydrogen-bond donors (Lipinski definition) is 2. The Morgan fingerprint density at radius 2 is 2.29 bits per heavy atom. The van der Waals surface area contributed by atoms with Crippen LogP contribution in [0.25, 0.3) is 0 Å². The number of amides is 2.